The van der Waals surface area contributed by atoms with Crippen molar-refractivity contribution in [3.63, 3.8) is 0 Å². The average Bonchev–Trinajstić information content (AvgIpc) is 2.47. The highest BCUT2D eigenvalue weighted by molar-refractivity contribution is 5.52. The van der Waals surface area contributed by atoms with E-state index in [1.54, 1.807) is 7.11 Å². The lowest BCUT2D eigenvalue weighted by molar-refractivity contribution is 0.414. The Morgan fingerprint density at radius 1 is 1.15 bits per heavy atom. The first-order valence-electron chi connectivity index (χ1n) is 6.78. The minimum atomic E-state index is -0.0466. The van der Waals surface area contributed by atoms with Crippen molar-refractivity contribution < 1.29 is 4.74 Å². The monoisotopic (exact) mass is 270 g/mol. The van der Waals surface area contributed by atoms with Crippen molar-refractivity contribution in [3.8, 4) is 5.75 Å². The lowest BCUT2D eigenvalue weighted by Gasteiger charge is -2.25. The summed E-state index contributed by atoms with van der Waals surface area (Å²) in [6.45, 7) is 2.88. The summed E-state index contributed by atoms with van der Waals surface area (Å²) < 4.78 is 5.24. The fourth-order valence-electron chi connectivity index (χ4n) is 2.36. The number of benzene rings is 2. The molecule has 0 bridgehead atoms. The maximum absolute atomic E-state index is 6.31. The Hall–Kier alpha value is -2.00. The van der Waals surface area contributed by atoms with Crippen molar-refractivity contribution in [1.29, 1.82) is 0 Å². The van der Waals surface area contributed by atoms with E-state index < -0.39 is 0 Å². The van der Waals surface area contributed by atoms with Crippen LogP contribution in [0.15, 0.2) is 48.5 Å². The molecular weight excluding hydrogens is 248 g/mol. The van der Waals surface area contributed by atoms with E-state index in [-0.39, 0.29) is 6.04 Å². The van der Waals surface area contributed by atoms with Gasteiger partial charge in [0, 0.05) is 25.3 Å². The van der Waals surface area contributed by atoms with Crippen LogP contribution >= 0.6 is 0 Å². The van der Waals surface area contributed by atoms with E-state index >= 15 is 0 Å². The second kappa shape index (κ2) is 6.44. The number of nitrogens with zero attached hydrogens (tertiary/aromatic N) is 1. The Balaban J connectivity index is 2.11. The number of hydrogen-bond donors (Lipinski definition) is 1. The van der Waals surface area contributed by atoms with Crippen LogP contribution in [-0.4, -0.2) is 20.7 Å². The van der Waals surface area contributed by atoms with Gasteiger partial charge in [-0.25, -0.2) is 0 Å². The Kier molecular flexibility index (Phi) is 4.64. The lowest BCUT2D eigenvalue weighted by Crippen LogP contribution is -2.29. The number of rotatable bonds is 5. The molecule has 2 rings (SSSR count). The third-order valence-electron chi connectivity index (χ3n) is 3.52. The van der Waals surface area contributed by atoms with Crippen LogP contribution in [0.5, 0.6) is 5.75 Å². The second-order valence-electron chi connectivity index (χ2n) is 5.05. The van der Waals surface area contributed by atoms with Gasteiger partial charge in [0.25, 0.3) is 0 Å². The van der Waals surface area contributed by atoms with Crippen LogP contribution in [0.2, 0.25) is 0 Å². The van der Waals surface area contributed by atoms with Crippen molar-refractivity contribution in [1.82, 2.24) is 0 Å². The number of anilines is 1. The molecule has 20 heavy (non-hydrogen) atoms. The lowest BCUT2D eigenvalue weighted by atomic mass is 10.1. The van der Waals surface area contributed by atoms with Crippen molar-refractivity contribution in [2.24, 2.45) is 5.73 Å². The Morgan fingerprint density at radius 3 is 2.60 bits per heavy atom. The molecule has 0 amide bonds. The van der Waals surface area contributed by atoms with E-state index in [4.69, 9.17) is 10.5 Å². The van der Waals surface area contributed by atoms with Gasteiger partial charge < -0.3 is 15.4 Å². The maximum Gasteiger partial charge on any atom is 0.119 e. The molecule has 1 atom stereocenters. The third-order valence-corrected chi connectivity index (χ3v) is 3.52. The molecule has 3 heteroatoms. The zero-order valence-electron chi connectivity index (χ0n) is 12.3. The molecule has 0 aromatic heterocycles. The molecule has 0 saturated carbocycles. The second-order valence-corrected chi connectivity index (χ2v) is 5.05. The van der Waals surface area contributed by atoms with Gasteiger partial charge in [-0.1, -0.05) is 30.3 Å². The predicted octanol–water partition coefficient (Wildman–Crippen LogP) is 3.14. The fraction of sp³-hybridized carbons (Fsp3) is 0.294. The van der Waals surface area contributed by atoms with Gasteiger partial charge in [0.05, 0.1) is 7.11 Å². The summed E-state index contributed by atoms with van der Waals surface area (Å²) in [6.07, 6.45) is 0. The first-order chi connectivity index (χ1) is 9.61. The smallest absolute Gasteiger partial charge is 0.119 e. The highest BCUT2D eigenvalue weighted by Crippen LogP contribution is 2.22. The molecule has 0 aliphatic carbocycles. The maximum atomic E-state index is 6.31. The SMILES string of the molecule is COc1cccc(C(N)CN(C)c2ccccc2C)c1. The summed E-state index contributed by atoms with van der Waals surface area (Å²) >= 11 is 0. The summed E-state index contributed by atoms with van der Waals surface area (Å²) in [5.74, 6) is 0.844. The molecule has 106 valence electrons. The first kappa shape index (κ1) is 14.4. The molecule has 0 aliphatic rings. The number of para-hydroxylation sites is 1. The van der Waals surface area contributed by atoms with Gasteiger partial charge in [-0.3, -0.25) is 0 Å². The van der Waals surface area contributed by atoms with Crippen LogP contribution in [0, 0.1) is 6.92 Å². The Morgan fingerprint density at radius 2 is 1.90 bits per heavy atom. The molecule has 2 N–H and O–H groups in total. The molecular formula is C17H22N2O. The number of methoxy groups -OCH3 is 1. The quantitative estimate of drug-likeness (QED) is 0.907. The van der Waals surface area contributed by atoms with Gasteiger partial charge in [0.15, 0.2) is 0 Å². The molecule has 2 aromatic rings. The predicted molar refractivity (Wildman–Crippen MR) is 84.4 cm³/mol. The molecule has 0 saturated heterocycles. The molecule has 0 fully saturated rings. The minimum Gasteiger partial charge on any atom is -0.497 e. The van der Waals surface area contributed by atoms with Crippen LogP contribution in [0.4, 0.5) is 5.69 Å². The fourth-order valence-corrected chi connectivity index (χ4v) is 2.36. The average molecular weight is 270 g/mol. The Bertz CT molecular complexity index is 568. The van der Waals surface area contributed by atoms with Gasteiger partial charge in [0.2, 0.25) is 0 Å². The number of hydrogen-bond acceptors (Lipinski definition) is 3. The summed E-state index contributed by atoms with van der Waals surface area (Å²) in [5.41, 5.74) is 9.87. The van der Waals surface area contributed by atoms with Crippen LogP contribution in [0.25, 0.3) is 0 Å². The molecule has 3 nitrogen and oxygen atoms in total. The van der Waals surface area contributed by atoms with Crippen molar-refractivity contribution >= 4 is 5.69 Å². The summed E-state index contributed by atoms with van der Waals surface area (Å²) in [6, 6.07) is 16.2. The van der Waals surface area contributed by atoms with Crippen LogP contribution in [0.3, 0.4) is 0 Å². The molecule has 1 unspecified atom stereocenters. The van der Waals surface area contributed by atoms with Gasteiger partial charge in [-0.15, -0.1) is 0 Å². The number of ether oxygens (including phenoxy) is 1. The van der Waals surface area contributed by atoms with E-state index in [0.717, 1.165) is 17.9 Å². The van der Waals surface area contributed by atoms with Gasteiger partial charge in [-0.2, -0.15) is 0 Å². The third kappa shape index (κ3) is 3.31. The van der Waals surface area contributed by atoms with Gasteiger partial charge >= 0.3 is 0 Å². The summed E-state index contributed by atoms with van der Waals surface area (Å²) in [4.78, 5) is 2.19. The first-order valence-corrected chi connectivity index (χ1v) is 6.78. The van der Waals surface area contributed by atoms with Gasteiger partial charge in [0.1, 0.15) is 5.75 Å². The minimum absolute atomic E-state index is 0.0466. The van der Waals surface area contributed by atoms with E-state index in [1.165, 1.54) is 11.3 Å². The topological polar surface area (TPSA) is 38.5 Å². The molecule has 0 heterocycles. The standard InChI is InChI=1S/C17H22N2O/c1-13-7-4-5-10-17(13)19(2)12-16(18)14-8-6-9-15(11-14)20-3/h4-11,16H,12,18H2,1-3H3. The van der Waals surface area contributed by atoms with E-state index in [9.17, 15) is 0 Å². The van der Waals surface area contributed by atoms with Crippen LogP contribution < -0.4 is 15.4 Å². The molecule has 2 aromatic carbocycles. The zero-order valence-corrected chi connectivity index (χ0v) is 12.3. The van der Waals surface area contributed by atoms with Gasteiger partial charge in [-0.05, 0) is 36.2 Å². The Labute approximate surface area is 121 Å². The van der Waals surface area contributed by atoms with Crippen LogP contribution in [0.1, 0.15) is 17.2 Å². The number of likely N-dealkylation sites (N-methyl/N-ethyl adjacent to an activating group) is 1. The van der Waals surface area contributed by atoms with E-state index in [1.807, 2.05) is 24.3 Å². The largest absolute Gasteiger partial charge is 0.497 e. The van der Waals surface area contributed by atoms with Crippen molar-refractivity contribution in [2.75, 3.05) is 25.6 Å². The van der Waals surface area contributed by atoms with E-state index in [2.05, 4.69) is 43.1 Å². The number of aryl methyl sites for hydroxylation is 1. The summed E-state index contributed by atoms with van der Waals surface area (Å²) in [7, 11) is 3.74. The molecule has 0 spiro atoms. The highest BCUT2D eigenvalue weighted by atomic mass is 16.5. The van der Waals surface area contributed by atoms with E-state index in [0.29, 0.717) is 0 Å². The molecule has 0 radical (unpaired) electrons. The zero-order chi connectivity index (χ0) is 14.5. The summed E-state index contributed by atoms with van der Waals surface area (Å²) in [5, 5.41) is 0. The molecule has 0 aliphatic heterocycles. The van der Waals surface area contributed by atoms with Crippen molar-refractivity contribution in [3.05, 3.63) is 59.7 Å². The highest BCUT2D eigenvalue weighted by Gasteiger charge is 2.11. The van der Waals surface area contributed by atoms with Crippen molar-refractivity contribution in [2.45, 2.75) is 13.0 Å². The number of nitrogens with two attached hydrogens (primary N) is 1. The van der Waals surface area contributed by atoms with Crippen LogP contribution in [-0.2, 0) is 0 Å². The normalized spacial score (nSPS) is 12.0.